The van der Waals surface area contributed by atoms with Crippen molar-refractivity contribution in [2.45, 2.75) is 6.92 Å². The molecule has 0 atom stereocenters. The van der Waals surface area contributed by atoms with E-state index in [0.29, 0.717) is 18.0 Å². The Morgan fingerprint density at radius 2 is 2.18 bits per heavy atom. The number of nitrogens with one attached hydrogen (secondary N) is 1. The summed E-state index contributed by atoms with van der Waals surface area (Å²) in [6.45, 7) is 2.39. The van der Waals surface area contributed by atoms with Gasteiger partial charge < -0.3 is 19.9 Å². The predicted molar refractivity (Wildman–Crippen MR) is 64.1 cm³/mol. The molecule has 0 aromatic heterocycles. The molecule has 0 aliphatic carbocycles. The maximum absolute atomic E-state index is 11.5. The summed E-state index contributed by atoms with van der Waals surface area (Å²) < 4.78 is 10.3. The minimum Gasteiger partial charge on any atom is -0.492 e. The Hall–Kier alpha value is -1.59. The van der Waals surface area contributed by atoms with Crippen LogP contribution in [-0.2, 0) is 9.53 Å². The van der Waals surface area contributed by atoms with Crippen LogP contribution in [0.1, 0.15) is 6.92 Å². The lowest BCUT2D eigenvalue weighted by Crippen LogP contribution is -2.19. The third kappa shape index (κ3) is 4.84. The first-order valence-corrected chi connectivity index (χ1v) is 5.48. The molecule has 0 aliphatic heterocycles. The highest BCUT2D eigenvalue weighted by Gasteiger charge is 2.06. The van der Waals surface area contributed by atoms with Gasteiger partial charge in [0, 0.05) is 0 Å². The summed E-state index contributed by atoms with van der Waals surface area (Å²) in [6.07, 6.45) is 0. The predicted octanol–water partition coefficient (Wildman–Crippen LogP) is 1.03. The molecule has 0 saturated heterocycles. The largest absolute Gasteiger partial charge is 0.492 e. The lowest BCUT2D eigenvalue weighted by Gasteiger charge is -2.11. The highest BCUT2D eigenvalue weighted by molar-refractivity contribution is 5.93. The number of benzene rings is 1. The fourth-order valence-corrected chi connectivity index (χ4v) is 1.27. The van der Waals surface area contributed by atoms with Crippen molar-refractivity contribution in [3.63, 3.8) is 0 Å². The number of carbonyl (C=O) groups excluding carboxylic acids is 1. The molecule has 1 amide bonds. The van der Waals surface area contributed by atoms with Crippen LogP contribution in [-0.4, -0.2) is 37.4 Å². The second-order valence-electron chi connectivity index (χ2n) is 3.25. The van der Waals surface area contributed by atoms with Crippen LogP contribution in [0.2, 0.25) is 0 Å². The van der Waals surface area contributed by atoms with Gasteiger partial charge in [-0.25, -0.2) is 0 Å². The lowest BCUT2D eigenvalue weighted by molar-refractivity contribution is -0.120. The average Bonchev–Trinajstić information content (AvgIpc) is 2.32. The number of hydrogen-bond donors (Lipinski definition) is 2. The summed E-state index contributed by atoms with van der Waals surface area (Å²) in [5.41, 5.74) is 0.618. The second-order valence-corrected chi connectivity index (χ2v) is 3.25. The Bertz CT molecular complexity index is 354. The van der Waals surface area contributed by atoms with E-state index in [1.54, 1.807) is 12.1 Å². The smallest absolute Gasteiger partial charge is 0.250 e. The number of rotatable bonds is 7. The third-order valence-electron chi connectivity index (χ3n) is 1.93. The van der Waals surface area contributed by atoms with Gasteiger partial charge in [0.25, 0.3) is 0 Å². The molecule has 5 heteroatoms. The molecule has 1 rings (SSSR count). The molecule has 0 saturated carbocycles. The van der Waals surface area contributed by atoms with Gasteiger partial charge in [-0.2, -0.15) is 0 Å². The highest BCUT2D eigenvalue weighted by atomic mass is 16.5. The van der Waals surface area contributed by atoms with Crippen LogP contribution in [0.3, 0.4) is 0 Å². The summed E-state index contributed by atoms with van der Waals surface area (Å²) in [4.78, 5) is 11.5. The summed E-state index contributed by atoms with van der Waals surface area (Å²) >= 11 is 0. The normalized spacial score (nSPS) is 10.0. The highest BCUT2D eigenvalue weighted by Crippen LogP contribution is 2.23. The van der Waals surface area contributed by atoms with Crippen LogP contribution in [0.25, 0.3) is 0 Å². The van der Waals surface area contributed by atoms with E-state index < -0.39 is 0 Å². The summed E-state index contributed by atoms with van der Waals surface area (Å²) in [7, 11) is 0. The van der Waals surface area contributed by atoms with Crippen molar-refractivity contribution < 1.29 is 19.4 Å². The van der Waals surface area contributed by atoms with Gasteiger partial charge in [-0.05, 0) is 19.1 Å². The van der Waals surface area contributed by atoms with Gasteiger partial charge in [-0.3, -0.25) is 4.79 Å². The number of para-hydroxylation sites is 2. The van der Waals surface area contributed by atoms with E-state index in [4.69, 9.17) is 14.6 Å². The number of amides is 1. The van der Waals surface area contributed by atoms with Crippen molar-refractivity contribution in [1.82, 2.24) is 0 Å². The molecule has 0 heterocycles. The number of aliphatic hydroxyl groups is 1. The molecule has 1 aromatic rings. The number of hydrogen-bond acceptors (Lipinski definition) is 4. The molecule has 0 spiro atoms. The average molecular weight is 239 g/mol. The molecular weight excluding hydrogens is 222 g/mol. The second kappa shape index (κ2) is 7.65. The van der Waals surface area contributed by atoms with Crippen LogP contribution in [0, 0.1) is 0 Å². The van der Waals surface area contributed by atoms with Gasteiger partial charge in [0.1, 0.15) is 12.4 Å². The van der Waals surface area contributed by atoms with Crippen molar-refractivity contribution in [2.75, 3.05) is 31.7 Å². The van der Waals surface area contributed by atoms with Crippen LogP contribution in [0.4, 0.5) is 5.69 Å². The number of anilines is 1. The van der Waals surface area contributed by atoms with Crippen LogP contribution in [0.15, 0.2) is 24.3 Å². The third-order valence-corrected chi connectivity index (χ3v) is 1.93. The molecule has 0 radical (unpaired) electrons. The van der Waals surface area contributed by atoms with Crippen molar-refractivity contribution in [3.8, 4) is 5.75 Å². The van der Waals surface area contributed by atoms with E-state index in [-0.39, 0.29) is 25.7 Å². The van der Waals surface area contributed by atoms with E-state index in [1.807, 2.05) is 19.1 Å². The van der Waals surface area contributed by atoms with Crippen molar-refractivity contribution in [2.24, 2.45) is 0 Å². The molecule has 0 aliphatic rings. The van der Waals surface area contributed by atoms with Crippen molar-refractivity contribution in [1.29, 1.82) is 0 Å². The number of aliphatic hydroxyl groups excluding tert-OH is 1. The monoisotopic (exact) mass is 239 g/mol. The topological polar surface area (TPSA) is 67.8 Å². The summed E-state index contributed by atoms with van der Waals surface area (Å²) in [6, 6.07) is 7.19. The Morgan fingerprint density at radius 3 is 2.88 bits per heavy atom. The Labute approximate surface area is 100 Å². The Balaban J connectivity index is 2.52. The standard InChI is InChI=1S/C12H17NO4/c1-2-17-11-6-4-3-5-10(11)13-12(15)9-16-8-7-14/h3-6,14H,2,7-9H2,1H3,(H,13,15). The molecule has 0 unspecified atom stereocenters. The summed E-state index contributed by atoms with van der Waals surface area (Å²) in [5, 5.41) is 11.2. The quantitative estimate of drug-likeness (QED) is 0.697. The van der Waals surface area contributed by atoms with E-state index in [1.165, 1.54) is 0 Å². The lowest BCUT2D eigenvalue weighted by atomic mass is 10.3. The summed E-state index contributed by atoms with van der Waals surface area (Å²) in [5.74, 6) is 0.358. The van der Waals surface area contributed by atoms with Crippen LogP contribution in [0.5, 0.6) is 5.75 Å². The van der Waals surface area contributed by atoms with Gasteiger partial charge in [-0.15, -0.1) is 0 Å². The molecule has 94 valence electrons. The van der Waals surface area contributed by atoms with E-state index in [2.05, 4.69) is 5.32 Å². The first-order chi connectivity index (χ1) is 8.27. The maximum Gasteiger partial charge on any atom is 0.250 e. The maximum atomic E-state index is 11.5. The first-order valence-electron chi connectivity index (χ1n) is 5.48. The van der Waals surface area contributed by atoms with E-state index in [0.717, 1.165) is 0 Å². The van der Waals surface area contributed by atoms with Gasteiger partial charge in [0.05, 0.1) is 25.5 Å². The zero-order valence-corrected chi connectivity index (χ0v) is 9.81. The minimum atomic E-state index is -0.273. The molecule has 5 nitrogen and oxygen atoms in total. The van der Waals surface area contributed by atoms with Crippen LogP contribution < -0.4 is 10.1 Å². The molecule has 17 heavy (non-hydrogen) atoms. The van der Waals surface area contributed by atoms with Gasteiger partial charge in [-0.1, -0.05) is 12.1 Å². The molecule has 2 N–H and O–H groups in total. The number of carbonyl (C=O) groups is 1. The molecule has 0 bridgehead atoms. The van der Waals surface area contributed by atoms with Gasteiger partial charge in [0.15, 0.2) is 0 Å². The van der Waals surface area contributed by atoms with E-state index in [9.17, 15) is 4.79 Å². The fourth-order valence-electron chi connectivity index (χ4n) is 1.27. The van der Waals surface area contributed by atoms with Gasteiger partial charge in [0.2, 0.25) is 5.91 Å². The first kappa shape index (κ1) is 13.5. The van der Waals surface area contributed by atoms with E-state index >= 15 is 0 Å². The van der Waals surface area contributed by atoms with Crippen molar-refractivity contribution in [3.05, 3.63) is 24.3 Å². The zero-order valence-electron chi connectivity index (χ0n) is 9.81. The minimum absolute atomic E-state index is 0.0823. The Kier molecular flexibility index (Phi) is 6.06. The zero-order chi connectivity index (χ0) is 12.5. The van der Waals surface area contributed by atoms with Gasteiger partial charge >= 0.3 is 0 Å². The fraction of sp³-hybridized carbons (Fsp3) is 0.417. The van der Waals surface area contributed by atoms with Crippen LogP contribution >= 0.6 is 0 Å². The SMILES string of the molecule is CCOc1ccccc1NC(=O)COCCO. The molecule has 0 fully saturated rings. The van der Waals surface area contributed by atoms with Crippen molar-refractivity contribution >= 4 is 11.6 Å². The molecular formula is C12H17NO4. The molecule has 1 aromatic carbocycles. The Morgan fingerprint density at radius 1 is 1.41 bits per heavy atom. The number of ether oxygens (including phenoxy) is 2.